The van der Waals surface area contributed by atoms with Crippen molar-refractivity contribution < 1.29 is 4.74 Å². The van der Waals surface area contributed by atoms with E-state index in [1.165, 1.54) is 0 Å². The Kier molecular flexibility index (Phi) is 6.84. The maximum absolute atomic E-state index is 5.98. The number of para-hydroxylation sites is 1. The second-order valence-electron chi connectivity index (χ2n) is 4.69. The van der Waals surface area contributed by atoms with E-state index in [1.807, 2.05) is 55.5 Å². The van der Waals surface area contributed by atoms with Crippen molar-refractivity contribution >= 4 is 35.1 Å². The lowest BCUT2D eigenvalue weighted by Crippen LogP contribution is -2.31. The van der Waals surface area contributed by atoms with Gasteiger partial charge < -0.3 is 10.1 Å². The average Bonchev–Trinajstić information content (AvgIpc) is 2.54. The molecule has 0 aromatic heterocycles. The number of ether oxygens (including phenoxy) is 1. The first-order chi connectivity index (χ1) is 11.2. The van der Waals surface area contributed by atoms with Crippen LogP contribution >= 0.6 is 23.8 Å². The quantitative estimate of drug-likeness (QED) is 0.475. The van der Waals surface area contributed by atoms with Crippen LogP contribution in [0.4, 0.5) is 0 Å². The number of nitrogens with zero attached hydrogens (tertiary/aromatic N) is 1. The summed E-state index contributed by atoms with van der Waals surface area (Å²) in [6.07, 6.45) is 1.68. The largest absolute Gasteiger partial charge is 0.488 e. The van der Waals surface area contributed by atoms with Gasteiger partial charge >= 0.3 is 0 Å². The van der Waals surface area contributed by atoms with Gasteiger partial charge in [0.25, 0.3) is 0 Å². The number of hydrogen-bond donors (Lipinski definition) is 2. The van der Waals surface area contributed by atoms with E-state index in [1.54, 1.807) is 6.21 Å². The maximum Gasteiger partial charge on any atom is 0.186 e. The van der Waals surface area contributed by atoms with Crippen molar-refractivity contribution in [1.82, 2.24) is 10.7 Å². The van der Waals surface area contributed by atoms with Crippen molar-refractivity contribution in [3.8, 4) is 5.75 Å². The Morgan fingerprint density at radius 1 is 1.26 bits per heavy atom. The van der Waals surface area contributed by atoms with Gasteiger partial charge in [0.1, 0.15) is 12.4 Å². The van der Waals surface area contributed by atoms with Crippen LogP contribution in [0.5, 0.6) is 5.75 Å². The third-order valence-corrected chi connectivity index (χ3v) is 3.38. The predicted octanol–water partition coefficient (Wildman–Crippen LogP) is 3.74. The van der Waals surface area contributed by atoms with Crippen molar-refractivity contribution in [2.24, 2.45) is 5.10 Å². The molecule has 23 heavy (non-hydrogen) atoms. The number of hydrazone groups is 1. The standard InChI is InChI=1S/C17H18ClN3OS/c1-2-19-17(23)21-20-11-14-7-3-4-9-16(14)22-12-13-6-5-8-15(18)10-13/h3-11H,2,12H2,1H3,(H2,19,21,23)/b20-11+. The molecule has 0 heterocycles. The molecule has 0 aliphatic carbocycles. The van der Waals surface area contributed by atoms with Crippen LogP contribution in [0.15, 0.2) is 53.6 Å². The van der Waals surface area contributed by atoms with Gasteiger partial charge in [-0.3, -0.25) is 5.43 Å². The van der Waals surface area contributed by atoms with Gasteiger partial charge in [-0.15, -0.1) is 0 Å². The monoisotopic (exact) mass is 347 g/mol. The first-order valence-corrected chi connectivity index (χ1v) is 8.01. The molecule has 0 bridgehead atoms. The Bertz CT molecular complexity index is 691. The number of hydrogen-bond acceptors (Lipinski definition) is 3. The molecule has 2 rings (SSSR count). The highest BCUT2D eigenvalue weighted by Crippen LogP contribution is 2.18. The fraction of sp³-hybridized carbons (Fsp3) is 0.176. The van der Waals surface area contributed by atoms with E-state index in [0.29, 0.717) is 16.7 Å². The zero-order valence-corrected chi connectivity index (χ0v) is 14.3. The molecular weight excluding hydrogens is 330 g/mol. The number of halogens is 1. The van der Waals surface area contributed by atoms with Crippen LogP contribution in [-0.4, -0.2) is 17.9 Å². The molecule has 0 amide bonds. The molecule has 0 saturated carbocycles. The molecule has 0 atom stereocenters. The molecule has 0 radical (unpaired) electrons. The molecular formula is C17H18ClN3OS. The molecule has 4 nitrogen and oxygen atoms in total. The lowest BCUT2D eigenvalue weighted by Gasteiger charge is -2.09. The topological polar surface area (TPSA) is 45.7 Å². The Balaban J connectivity index is 1.99. The molecule has 2 aromatic rings. The maximum atomic E-state index is 5.98. The Morgan fingerprint density at radius 3 is 2.87 bits per heavy atom. The van der Waals surface area contributed by atoms with Gasteiger partial charge in [0.15, 0.2) is 5.11 Å². The second-order valence-corrected chi connectivity index (χ2v) is 5.53. The van der Waals surface area contributed by atoms with E-state index in [0.717, 1.165) is 23.4 Å². The van der Waals surface area contributed by atoms with Gasteiger partial charge in [0.05, 0.1) is 6.21 Å². The first-order valence-electron chi connectivity index (χ1n) is 7.22. The highest BCUT2D eigenvalue weighted by atomic mass is 35.5. The zero-order valence-electron chi connectivity index (χ0n) is 12.8. The SMILES string of the molecule is CCNC(=S)N/N=C/c1ccccc1OCc1cccc(Cl)c1. The predicted molar refractivity (Wildman–Crippen MR) is 99.2 cm³/mol. The summed E-state index contributed by atoms with van der Waals surface area (Å²) in [5, 5.41) is 8.25. The summed E-state index contributed by atoms with van der Waals surface area (Å²) in [7, 11) is 0. The summed E-state index contributed by atoms with van der Waals surface area (Å²) in [5.74, 6) is 0.743. The minimum atomic E-state index is 0.439. The summed E-state index contributed by atoms with van der Waals surface area (Å²) in [5.41, 5.74) is 4.63. The summed E-state index contributed by atoms with van der Waals surface area (Å²) in [6.45, 7) is 3.16. The van der Waals surface area contributed by atoms with Crippen LogP contribution in [0.2, 0.25) is 5.02 Å². The molecule has 2 aromatic carbocycles. The lowest BCUT2D eigenvalue weighted by atomic mass is 10.2. The minimum Gasteiger partial charge on any atom is -0.488 e. The smallest absolute Gasteiger partial charge is 0.186 e. The van der Waals surface area contributed by atoms with Crippen molar-refractivity contribution in [2.75, 3.05) is 6.54 Å². The Morgan fingerprint density at radius 2 is 2.09 bits per heavy atom. The zero-order chi connectivity index (χ0) is 16.5. The molecule has 120 valence electrons. The van der Waals surface area contributed by atoms with Crippen molar-refractivity contribution in [3.05, 3.63) is 64.7 Å². The molecule has 0 fully saturated rings. The third kappa shape index (κ3) is 5.88. The fourth-order valence-corrected chi connectivity index (χ4v) is 2.28. The molecule has 6 heteroatoms. The number of rotatable bonds is 6. The van der Waals surface area contributed by atoms with Gasteiger partial charge in [-0.05, 0) is 49.0 Å². The van der Waals surface area contributed by atoms with Crippen LogP contribution in [-0.2, 0) is 6.61 Å². The molecule has 0 saturated heterocycles. The van der Waals surface area contributed by atoms with Crippen LogP contribution in [0.3, 0.4) is 0 Å². The number of nitrogens with one attached hydrogen (secondary N) is 2. The minimum absolute atomic E-state index is 0.439. The highest BCUT2D eigenvalue weighted by molar-refractivity contribution is 7.80. The third-order valence-electron chi connectivity index (χ3n) is 2.91. The molecule has 0 aliphatic rings. The van der Waals surface area contributed by atoms with E-state index >= 15 is 0 Å². The first kappa shape index (κ1) is 17.2. The van der Waals surface area contributed by atoms with Crippen LogP contribution < -0.4 is 15.5 Å². The van der Waals surface area contributed by atoms with Crippen LogP contribution in [0.25, 0.3) is 0 Å². The van der Waals surface area contributed by atoms with E-state index in [2.05, 4.69) is 15.8 Å². The highest BCUT2D eigenvalue weighted by Gasteiger charge is 2.02. The summed E-state index contributed by atoms with van der Waals surface area (Å²) >= 11 is 11.0. The number of thiocarbonyl (C=S) groups is 1. The Labute approximate surface area is 146 Å². The second kappa shape index (κ2) is 9.12. The molecule has 2 N–H and O–H groups in total. The summed E-state index contributed by atoms with van der Waals surface area (Å²) in [4.78, 5) is 0. The lowest BCUT2D eigenvalue weighted by molar-refractivity contribution is 0.306. The summed E-state index contributed by atoms with van der Waals surface area (Å²) < 4.78 is 5.86. The normalized spacial score (nSPS) is 10.5. The van der Waals surface area contributed by atoms with Gasteiger partial charge in [-0.2, -0.15) is 5.10 Å². The van der Waals surface area contributed by atoms with Gasteiger partial charge in [0, 0.05) is 17.1 Å². The fourth-order valence-electron chi connectivity index (χ4n) is 1.87. The molecule has 0 aliphatic heterocycles. The van der Waals surface area contributed by atoms with E-state index in [4.69, 9.17) is 28.6 Å². The van der Waals surface area contributed by atoms with Gasteiger partial charge in [0.2, 0.25) is 0 Å². The van der Waals surface area contributed by atoms with Crippen molar-refractivity contribution in [2.45, 2.75) is 13.5 Å². The van der Waals surface area contributed by atoms with E-state index in [9.17, 15) is 0 Å². The van der Waals surface area contributed by atoms with E-state index in [-0.39, 0.29) is 0 Å². The van der Waals surface area contributed by atoms with Crippen LogP contribution in [0, 0.1) is 0 Å². The Hall–Kier alpha value is -2.11. The average molecular weight is 348 g/mol. The molecule has 0 spiro atoms. The van der Waals surface area contributed by atoms with Crippen molar-refractivity contribution in [1.29, 1.82) is 0 Å². The number of benzene rings is 2. The van der Waals surface area contributed by atoms with Gasteiger partial charge in [-0.1, -0.05) is 35.9 Å². The van der Waals surface area contributed by atoms with Gasteiger partial charge in [-0.25, -0.2) is 0 Å². The molecule has 0 unspecified atom stereocenters. The van der Waals surface area contributed by atoms with Crippen molar-refractivity contribution in [3.63, 3.8) is 0 Å². The summed E-state index contributed by atoms with van der Waals surface area (Å²) in [6, 6.07) is 15.3. The van der Waals surface area contributed by atoms with E-state index < -0.39 is 0 Å². The van der Waals surface area contributed by atoms with Crippen LogP contribution in [0.1, 0.15) is 18.1 Å².